The molecule has 0 aliphatic carbocycles. The third-order valence-electron chi connectivity index (χ3n) is 6.47. The first-order valence-corrected chi connectivity index (χ1v) is 11.4. The van der Waals surface area contributed by atoms with Crippen LogP contribution in [0.2, 0.25) is 0 Å². The first-order chi connectivity index (χ1) is 15.1. The van der Waals surface area contributed by atoms with E-state index in [1.165, 1.54) is 59.2 Å². The molecule has 0 amide bonds. The molecule has 31 heavy (non-hydrogen) atoms. The molecule has 0 radical (unpaired) electrons. The Bertz CT molecular complexity index is 1620. The van der Waals surface area contributed by atoms with Gasteiger partial charge in [0.15, 0.2) is 6.20 Å². The average Bonchev–Trinajstić information content (AvgIpc) is 3.28. The molecular formula is C28H23N2S+. The molecule has 0 bridgehead atoms. The van der Waals surface area contributed by atoms with Crippen molar-refractivity contribution in [2.24, 2.45) is 14.1 Å². The summed E-state index contributed by atoms with van der Waals surface area (Å²) in [6.07, 6.45) is 2.12. The predicted molar refractivity (Wildman–Crippen MR) is 133 cm³/mol. The summed E-state index contributed by atoms with van der Waals surface area (Å²) in [5.41, 5.74) is 7.71. The monoisotopic (exact) mass is 419 g/mol. The van der Waals surface area contributed by atoms with E-state index < -0.39 is 0 Å². The summed E-state index contributed by atoms with van der Waals surface area (Å²) in [7, 11) is 4.26. The highest BCUT2D eigenvalue weighted by atomic mass is 32.1. The molecule has 6 aromatic rings. The standard InChI is InChI=1S/C28H23N2S/c1-18-22-16-20(12-14-27(22)31-28(18)26-10-6-7-15-29(26)2)19-11-13-25-23(17-19)21-8-4-5-9-24(21)30(25)3/h4-17H,1-3H3/q+1. The minimum atomic E-state index is 1.26. The van der Waals surface area contributed by atoms with E-state index in [1.807, 2.05) is 11.3 Å². The van der Waals surface area contributed by atoms with Gasteiger partial charge < -0.3 is 4.57 Å². The van der Waals surface area contributed by atoms with Crippen molar-refractivity contribution in [3.05, 3.63) is 90.6 Å². The van der Waals surface area contributed by atoms with E-state index in [9.17, 15) is 0 Å². The summed E-state index contributed by atoms with van der Waals surface area (Å²) < 4.78 is 5.83. The topological polar surface area (TPSA) is 8.81 Å². The van der Waals surface area contributed by atoms with Crippen molar-refractivity contribution in [3.8, 4) is 21.7 Å². The molecule has 0 saturated heterocycles. The van der Waals surface area contributed by atoms with Gasteiger partial charge in [0, 0.05) is 45.7 Å². The van der Waals surface area contributed by atoms with Gasteiger partial charge in [0.2, 0.25) is 5.69 Å². The van der Waals surface area contributed by atoms with Crippen molar-refractivity contribution in [3.63, 3.8) is 0 Å². The van der Waals surface area contributed by atoms with Crippen molar-refractivity contribution in [1.82, 2.24) is 4.57 Å². The Kier molecular flexibility index (Phi) is 4.02. The number of aryl methyl sites for hydroxylation is 3. The molecule has 0 spiro atoms. The molecule has 0 saturated carbocycles. The Labute approximate surface area is 185 Å². The average molecular weight is 420 g/mol. The van der Waals surface area contributed by atoms with Gasteiger partial charge in [-0.25, -0.2) is 4.57 Å². The molecular weight excluding hydrogens is 396 g/mol. The summed E-state index contributed by atoms with van der Waals surface area (Å²) in [4.78, 5) is 1.35. The molecule has 3 heteroatoms. The van der Waals surface area contributed by atoms with Crippen LogP contribution in [0.5, 0.6) is 0 Å². The molecule has 0 aliphatic heterocycles. The SMILES string of the molecule is Cc1c(-c2cccc[n+]2C)sc2ccc(-c3ccc4c(c3)c3ccccc3n4C)cc12. The molecule has 6 rings (SSSR count). The Hall–Kier alpha value is -3.43. The Morgan fingerprint density at radius 3 is 2.29 bits per heavy atom. The lowest BCUT2D eigenvalue weighted by Crippen LogP contribution is -2.29. The van der Waals surface area contributed by atoms with E-state index in [0.717, 1.165) is 0 Å². The fourth-order valence-electron chi connectivity index (χ4n) is 4.75. The lowest BCUT2D eigenvalue weighted by atomic mass is 10.00. The summed E-state index contributed by atoms with van der Waals surface area (Å²) in [5, 5.41) is 3.97. The number of hydrogen-bond donors (Lipinski definition) is 0. The van der Waals surface area contributed by atoms with Crippen LogP contribution in [0.15, 0.2) is 85.1 Å². The van der Waals surface area contributed by atoms with E-state index in [2.05, 4.69) is 115 Å². The van der Waals surface area contributed by atoms with Crippen molar-refractivity contribution in [1.29, 1.82) is 0 Å². The molecule has 0 fully saturated rings. The van der Waals surface area contributed by atoms with E-state index in [1.54, 1.807) is 0 Å². The van der Waals surface area contributed by atoms with E-state index >= 15 is 0 Å². The molecule has 0 unspecified atom stereocenters. The van der Waals surface area contributed by atoms with Gasteiger partial charge in [-0.05, 0) is 65.4 Å². The van der Waals surface area contributed by atoms with Crippen molar-refractivity contribution in [2.75, 3.05) is 0 Å². The maximum absolute atomic E-state index is 2.36. The number of fused-ring (bicyclic) bond motifs is 4. The van der Waals surface area contributed by atoms with Crippen LogP contribution in [0.3, 0.4) is 0 Å². The first kappa shape index (κ1) is 18.3. The van der Waals surface area contributed by atoms with Gasteiger partial charge in [0.1, 0.15) is 11.9 Å². The molecule has 0 atom stereocenters. The molecule has 0 N–H and O–H groups in total. The number of nitrogens with zero attached hydrogens (tertiary/aromatic N) is 2. The van der Waals surface area contributed by atoms with Crippen LogP contribution in [-0.4, -0.2) is 4.57 Å². The van der Waals surface area contributed by atoms with Crippen molar-refractivity contribution in [2.45, 2.75) is 6.92 Å². The van der Waals surface area contributed by atoms with E-state index in [0.29, 0.717) is 0 Å². The highest BCUT2D eigenvalue weighted by molar-refractivity contribution is 7.22. The number of rotatable bonds is 2. The Balaban J connectivity index is 1.53. The van der Waals surface area contributed by atoms with Crippen LogP contribution in [0.25, 0.3) is 53.6 Å². The highest BCUT2D eigenvalue weighted by Crippen LogP contribution is 2.39. The lowest BCUT2D eigenvalue weighted by Gasteiger charge is -2.04. The van der Waals surface area contributed by atoms with Gasteiger partial charge in [-0.3, -0.25) is 0 Å². The van der Waals surface area contributed by atoms with Gasteiger partial charge in [-0.15, -0.1) is 11.3 Å². The third kappa shape index (κ3) is 2.74. The number of benzene rings is 3. The van der Waals surface area contributed by atoms with Gasteiger partial charge in [-0.2, -0.15) is 0 Å². The highest BCUT2D eigenvalue weighted by Gasteiger charge is 2.17. The zero-order valence-corrected chi connectivity index (χ0v) is 18.7. The third-order valence-corrected chi connectivity index (χ3v) is 7.77. The first-order valence-electron chi connectivity index (χ1n) is 10.6. The Morgan fingerprint density at radius 1 is 0.742 bits per heavy atom. The minimum Gasteiger partial charge on any atom is -0.344 e. The van der Waals surface area contributed by atoms with Crippen LogP contribution in [-0.2, 0) is 14.1 Å². The number of hydrogen-bond acceptors (Lipinski definition) is 1. The molecule has 3 heterocycles. The van der Waals surface area contributed by atoms with Crippen LogP contribution in [0.1, 0.15) is 5.56 Å². The summed E-state index contributed by atoms with van der Waals surface area (Å²) >= 11 is 1.88. The molecule has 2 nitrogen and oxygen atoms in total. The lowest BCUT2D eigenvalue weighted by molar-refractivity contribution is -0.660. The largest absolute Gasteiger partial charge is 0.344 e. The molecule has 0 aliphatic rings. The normalized spacial score (nSPS) is 11.7. The van der Waals surface area contributed by atoms with E-state index in [-0.39, 0.29) is 0 Å². The van der Waals surface area contributed by atoms with Crippen LogP contribution in [0, 0.1) is 6.92 Å². The summed E-state index contributed by atoms with van der Waals surface area (Å²) in [6, 6.07) is 28.8. The smallest absolute Gasteiger partial charge is 0.222 e. The maximum Gasteiger partial charge on any atom is 0.222 e. The quantitative estimate of drug-likeness (QED) is 0.267. The van der Waals surface area contributed by atoms with Crippen LogP contribution in [0.4, 0.5) is 0 Å². The van der Waals surface area contributed by atoms with Gasteiger partial charge in [-0.1, -0.05) is 30.3 Å². The van der Waals surface area contributed by atoms with Crippen molar-refractivity contribution >= 4 is 43.2 Å². The summed E-state index contributed by atoms with van der Waals surface area (Å²) in [6.45, 7) is 2.25. The van der Waals surface area contributed by atoms with Gasteiger partial charge in [0.05, 0.1) is 0 Å². The maximum atomic E-state index is 2.36. The second kappa shape index (κ2) is 6.79. The number of thiophene rings is 1. The zero-order valence-electron chi connectivity index (χ0n) is 17.9. The van der Waals surface area contributed by atoms with E-state index in [4.69, 9.17) is 0 Å². The second-order valence-electron chi connectivity index (χ2n) is 8.27. The minimum absolute atomic E-state index is 1.26. The van der Waals surface area contributed by atoms with Crippen LogP contribution < -0.4 is 4.57 Å². The fourth-order valence-corrected chi connectivity index (χ4v) is 6.01. The predicted octanol–water partition coefficient (Wildman–Crippen LogP) is 7.01. The molecule has 150 valence electrons. The second-order valence-corrected chi connectivity index (χ2v) is 9.32. The molecule has 3 aromatic heterocycles. The van der Waals surface area contributed by atoms with Crippen molar-refractivity contribution < 1.29 is 4.57 Å². The van der Waals surface area contributed by atoms with Gasteiger partial charge >= 0.3 is 0 Å². The number of aromatic nitrogens is 2. The summed E-state index contributed by atoms with van der Waals surface area (Å²) in [5.74, 6) is 0. The van der Waals surface area contributed by atoms with Crippen LogP contribution >= 0.6 is 11.3 Å². The van der Waals surface area contributed by atoms with Gasteiger partial charge in [0.25, 0.3) is 0 Å². The molecule has 3 aromatic carbocycles. The Morgan fingerprint density at radius 2 is 1.45 bits per heavy atom. The zero-order chi connectivity index (χ0) is 21.1. The number of pyridine rings is 1. The number of para-hydroxylation sites is 1. The fraction of sp³-hybridized carbons (Fsp3) is 0.107.